The van der Waals surface area contributed by atoms with Crippen LogP contribution in [0, 0.1) is 6.92 Å². The largest absolute Gasteiger partial charge is 0.372 e. The van der Waals surface area contributed by atoms with Gasteiger partial charge in [0, 0.05) is 25.4 Å². The monoisotopic (exact) mass is 232 g/mol. The van der Waals surface area contributed by atoms with E-state index in [1.165, 1.54) is 18.4 Å². The Kier molecular flexibility index (Phi) is 2.68. The quantitative estimate of drug-likeness (QED) is 0.848. The maximum Gasteiger partial charge on any atom is 0.113 e. The Morgan fingerprint density at radius 2 is 2.06 bits per heavy atom. The summed E-state index contributed by atoms with van der Waals surface area (Å²) in [5, 5.41) is 3.66. The Morgan fingerprint density at radius 1 is 1.35 bits per heavy atom. The molecule has 0 amide bonds. The van der Waals surface area contributed by atoms with E-state index in [0.717, 1.165) is 18.5 Å². The maximum atomic E-state index is 5.92. The second-order valence-corrected chi connectivity index (χ2v) is 5.41. The molecular formula is C14H20N2O. The van der Waals surface area contributed by atoms with Crippen LogP contribution in [-0.4, -0.2) is 24.2 Å². The predicted octanol–water partition coefficient (Wildman–Crippen LogP) is 2.15. The molecule has 0 aromatic carbocycles. The van der Waals surface area contributed by atoms with Gasteiger partial charge >= 0.3 is 0 Å². The van der Waals surface area contributed by atoms with Crippen LogP contribution in [0.15, 0.2) is 18.3 Å². The van der Waals surface area contributed by atoms with Crippen molar-refractivity contribution in [2.45, 2.75) is 50.3 Å². The van der Waals surface area contributed by atoms with E-state index in [9.17, 15) is 0 Å². The van der Waals surface area contributed by atoms with Gasteiger partial charge in [0.25, 0.3) is 0 Å². The summed E-state index contributed by atoms with van der Waals surface area (Å²) in [5.74, 6) is 0. The van der Waals surface area contributed by atoms with Crippen molar-refractivity contribution in [1.29, 1.82) is 0 Å². The minimum Gasteiger partial charge on any atom is -0.372 e. The number of aryl methyl sites for hydroxylation is 1. The van der Waals surface area contributed by atoms with Gasteiger partial charge in [-0.2, -0.15) is 0 Å². The number of rotatable bonds is 2. The van der Waals surface area contributed by atoms with Crippen molar-refractivity contribution in [2.24, 2.45) is 0 Å². The molecule has 1 N–H and O–H groups in total. The number of nitrogens with one attached hydrogen (secondary N) is 1. The molecule has 2 saturated heterocycles. The second kappa shape index (κ2) is 4.07. The maximum absolute atomic E-state index is 5.92. The van der Waals surface area contributed by atoms with Crippen molar-refractivity contribution in [3.8, 4) is 0 Å². The smallest absolute Gasteiger partial charge is 0.113 e. The van der Waals surface area contributed by atoms with E-state index in [2.05, 4.69) is 23.3 Å². The molecule has 17 heavy (non-hydrogen) atoms. The van der Waals surface area contributed by atoms with Crippen molar-refractivity contribution in [1.82, 2.24) is 10.3 Å². The lowest BCUT2D eigenvalue weighted by Crippen LogP contribution is -2.48. The topological polar surface area (TPSA) is 34.1 Å². The molecule has 1 aromatic rings. The minimum atomic E-state index is -0.164. The molecule has 3 nitrogen and oxygen atoms in total. The first-order valence-corrected chi connectivity index (χ1v) is 6.47. The van der Waals surface area contributed by atoms with Gasteiger partial charge in [-0.15, -0.1) is 0 Å². The van der Waals surface area contributed by atoms with Gasteiger partial charge in [0.2, 0.25) is 0 Å². The molecule has 2 unspecified atom stereocenters. The average Bonchev–Trinajstić information content (AvgIpc) is 2.69. The summed E-state index contributed by atoms with van der Waals surface area (Å²) >= 11 is 0. The van der Waals surface area contributed by atoms with Gasteiger partial charge in [0.1, 0.15) is 5.60 Å². The number of methoxy groups -OCH3 is 1. The molecule has 2 aliphatic rings. The zero-order valence-corrected chi connectivity index (χ0v) is 10.6. The first-order valence-electron chi connectivity index (χ1n) is 6.47. The van der Waals surface area contributed by atoms with Crippen LogP contribution in [0.2, 0.25) is 0 Å². The third-order valence-electron chi connectivity index (χ3n) is 4.32. The highest BCUT2D eigenvalue weighted by Crippen LogP contribution is 2.43. The van der Waals surface area contributed by atoms with Gasteiger partial charge < -0.3 is 10.1 Å². The van der Waals surface area contributed by atoms with Crippen LogP contribution in [0.4, 0.5) is 0 Å². The molecule has 0 spiro atoms. The minimum absolute atomic E-state index is 0.164. The summed E-state index contributed by atoms with van der Waals surface area (Å²) in [6, 6.07) is 5.34. The van der Waals surface area contributed by atoms with Gasteiger partial charge in [-0.25, -0.2) is 0 Å². The van der Waals surface area contributed by atoms with E-state index in [1.807, 2.05) is 19.4 Å². The standard InChI is InChI=1S/C14H20N2O/c1-10-4-3-7-15-13(10)14(17-2)8-11-5-6-12(9-14)16-11/h3-4,7,11-12,16H,5-6,8-9H2,1-2H3. The molecular weight excluding hydrogens is 212 g/mol. The number of hydrogen-bond donors (Lipinski definition) is 1. The Bertz CT molecular complexity index is 406. The third kappa shape index (κ3) is 1.78. The molecule has 3 rings (SSSR count). The number of hydrogen-bond acceptors (Lipinski definition) is 3. The van der Waals surface area contributed by atoms with Crippen molar-refractivity contribution in [3.05, 3.63) is 29.6 Å². The summed E-state index contributed by atoms with van der Waals surface area (Å²) in [6.45, 7) is 2.13. The van der Waals surface area contributed by atoms with E-state index >= 15 is 0 Å². The lowest BCUT2D eigenvalue weighted by Gasteiger charge is -2.40. The highest BCUT2D eigenvalue weighted by Gasteiger charge is 2.46. The summed E-state index contributed by atoms with van der Waals surface area (Å²) < 4.78 is 5.92. The van der Waals surface area contributed by atoms with Crippen LogP contribution in [0.25, 0.3) is 0 Å². The normalized spacial score (nSPS) is 36.1. The molecule has 1 aromatic heterocycles. The SMILES string of the molecule is COC1(c2ncccc2C)CC2CCC(C1)N2. The number of fused-ring (bicyclic) bond motifs is 2. The van der Waals surface area contributed by atoms with Gasteiger partial charge in [-0.05, 0) is 44.2 Å². The number of piperidine rings is 1. The Morgan fingerprint density at radius 3 is 2.65 bits per heavy atom. The molecule has 3 heteroatoms. The van der Waals surface area contributed by atoms with Crippen molar-refractivity contribution in [2.75, 3.05) is 7.11 Å². The predicted molar refractivity (Wildman–Crippen MR) is 66.8 cm³/mol. The van der Waals surface area contributed by atoms with E-state index < -0.39 is 0 Å². The summed E-state index contributed by atoms with van der Waals surface area (Å²) in [4.78, 5) is 4.59. The first kappa shape index (κ1) is 11.2. The van der Waals surface area contributed by atoms with Gasteiger partial charge in [0.05, 0.1) is 5.69 Å². The third-order valence-corrected chi connectivity index (χ3v) is 4.32. The van der Waals surface area contributed by atoms with Crippen LogP contribution in [0.3, 0.4) is 0 Å². The van der Waals surface area contributed by atoms with Crippen molar-refractivity contribution >= 4 is 0 Å². The average molecular weight is 232 g/mol. The van der Waals surface area contributed by atoms with Gasteiger partial charge in [0.15, 0.2) is 0 Å². The Labute approximate surface area is 103 Å². The summed E-state index contributed by atoms with van der Waals surface area (Å²) in [6.07, 6.45) is 6.55. The number of ether oxygens (including phenoxy) is 1. The number of nitrogens with zero attached hydrogens (tertiary/aromatic N) is 1. The lowest BCUT2D eigenvalue weighted by atomic mass is 9.82. The molecule has 0 aliphatic carbocycles. The fraction of sp³-hybridized carbons (Fsp3) is 0.643. The van der Waals surface area contributed by atoms with E-state index in [4.69, 9.17) is 4.74 Å². The van der Waals surface area contributed by atoms with Crippen LogP contribution < -0.4 is 5.32 Å². The number of pyridine rings is 1. The molecule has 92 valence electrons. The van der Waals surface area contributed by atoms with Crippen molar-refractivity contribution in [3.63, 3.8) is 0 Å². The first-order chi connectivity index (χ1) is 8.23. The zero-order valence-electron chi connectivity index (χ0n) is 10.6. The lowest BCUT2D eigenvalue weighted by molar-refractivity contribution is -0.0564. The van der Waals surface area contributed by atoms with Crippen LogP contribution in [-0.2, 0) is 10.3 Å². The molecule has 2 fully saturated rings. The second-order valence-electron chi connectivity index (χ2n) is 5.41. The van der Waals surface area contributed by atoms with Crippen LogP contribution >= 0.6 is 0 Å². The highest BCUT2D eigenvalue weighted by atomic mass is 16.5. The molecule has 2 atom stereocenters. The molecule has 0 radical (unpaired) electrons. The fourth-order valence-electron chi connectivity index (χ4n) is 3.52. The van der Waals surface area contributed by atoms with Gasteiger partial charge in [-0.1, -0.05) is 6.07 Å². The molecule has 2 aliphatic heterocycles. The molecule has 3 heterocycles. The summed E-state index contributed by atoms with van der Waals surface area (Å²) in [5.41, 5.74) is 2.22. The van der Waals surface area contributed by atoms with Crippen LogP contribution in [0.1, 0.15) is 36.9 Å². The molecule has 0 saturated carbocycles. The fourth-order valence-corrected chi connectivity index (χ4v) is 3.52. The highest BCUT2D eigenvalue weighted by molar-refractivity contribution is 5.26. The van der Waals surface area contributed by atoms with Gasteiger partial charge in [-0.3, -0.25) is 4.98 Å². The van der Waals surface area contributed by atoms with E-state index in [-0.39, 0.29) is 5.60 Å². The molecule has 2 bridgehead atoms. The Balaban J connectivity index is 2.00. The van der Waals surface area contributed by atoms with Crippen LogP contribution in [0.5, 0.6) is 0 Å². The van der Waals surface area contributed by atoms with E-state index in [0.29, 0.717) is 12.1 Å². The zero-order chi connectivity index (χ0) is 11.9. The Hall–Kier alpha value is -0.930. The van der Waals surface area contributed by atoms with E-state index in [1.54, 1.807) is 0 Å². The van der Waals surface area contributed by atoms with Crippen molar-refractivity contribution < 1.29 is 4.74 Å². The number of aromatic nitrogens is 1. The summed E-state index contributed by atoms with van der Waals surface area (Å²) in [7, 11) is 1.83.